The molecule has 0 atom stereocenters. The number of amides is 1. The zero-order valence-electron chi connectivity index (χ0n) is 15.8. The Balaban J connectivity index is 1.59. The number of fused-ring (bicyclic) bond motifs is 1. The number of sulfonamides is 1. The van der Waals surface area contributed by atoms with Crippen molar-refractivity contribution in [2.24, 2.45) is 12.2 Å². The second-order valence-electron chi connectivity index (χ2n) is 6.70. The number of nitrogens with two attached hydrogens (primary N) is 1. The number of hydrogen-bond acceptors (Lipinski definition) is 4. The molecule has 0 bridgehead atoms. The summed E-state index contributed by atoms with van der Waals surface area (Å²) >= 11 is 3.27. The summed E-state index contributed by atoms with van der Waals surface area (Å²) in [4.78, 5) is 17.2. The summed E-state index contributed by atoms with van der Waals surface area (Å²) in [7, 11) is -1.96. The van der Waals surface area contributed by atoms with Gasteiger partial charge in [0.2, 0.25) is 10.0 Å². The van der Waals surface area contributed by atoms with Gasteiger partial charge in [-0.15, -0.1) is 0 Å². The van der Waals surface area contributed by atoms with Crippen LogP contribution in [0.25, 0.3) is 22.4 Å². The Kier molecular flexibility index (Phi) is 5.19. The predicted octanol–water partition coefficient (Wildman–Crippen LogP) is 3.90. The summed E-state index contributed by atoms with van der Waals surface area (Å²) in [6.45, 7) is 0. The van der Waals surface area contributed by atoms with Crippen LogP contribution in [0.5, 0.6) is 0 Å². The van der Waals surface area contributed by atoms with Gasteiger partial charge in [0.1, 0.15) is 5.82 Å². The van der Waals surface area contributed by atoms with Crippen LogP contribution in [0.2, 0.25) is 0 Å². The number of carbonyl (C=O) groups excluding carboxylic acids is 1. The Morgan fingerprint density at radius 1 is 1.07 bits per heavy atom. The van der Waals surface area contributed by atoms with Crippen molar-refractivity contribution in [3.05, 3.63) is 76.8 Å². The number of primary sulfonamides is 1. The fourth-order valence-corrected chi connectivity index (χ4v) is 4.13. The predicted molar refractivity (Wildman–Crippen MR) is 120 cm³/mol. The van der Waals surface area contributed by atoms with Crippen molar-refractivity contribution >= 4 is 48.6 Å². The van der Waals surface area contributed by atoms with Crippen molar-refractivity contribution in [3.8, 4) is 11.4 Å². The first-order valence-corrected chi connectivity index (χ1v) is 11.2. The van der Waals surface area contributed by atoms with E-state index < -0.39 is 15.9 Å². The molecule has 0 unspecified atom stereocenters. The SMILES string of the molecule is Cn1c(-c2ccc(NC(=O)c3cc(S(N)(=O)=O)ccc3Br)cc2)nc2ccccc21. The maximum absolute atomic E-state index is 12.6. The van der Waals surface area contributed by atoms with Crippen LogP contribution in [0.4, 0.5) is 5.69 Å². The van der Waals surface area contributed by atoms with Gasteiger partial charge in [0.15, 0.2) is 0 Å². The highest BCUT2D eigenvalue weighted by atomic mass is 79.9. The summed E-state index contributed by atoms with van der Waals surface area (Å²) in [5.41, 5.74) is 3.58. The fourth-order valence-electron chi connectivity index (χ4n) is 3.16. The molecule has 7 nitrogen and oxygen atoms in total. The summed E-state index contributed by atoms with van der Waals surface area (Å²) in [5, 5.41) is 7.92. The Labute approximate surface area is 181 Å². The highest BCUT2D eigenvalue weighted by Gasteiger charge is 2.16. The third-order valence-electron chi connectivity index (χ3n) is 4.70. The molecule has 30 heavy (non-hydrogen) atoms. The number of aryl methyl sites for hydroxylation is 1. The number of nitrogens with zero attached hydrogens (tertiary/aromatic N) is 2. The number of halogens is 1. The molecule has 1 amide bonds. The molecule has 3 aromatic carbocycles. The Hall–Kier alpha value is -3.01. The normalized spacial score (nSPS) is 11.6. The van der Waals surface area contributed by atoms with Gasteiger partial charge in [-0.2, -0.15) is 0 Å². The van der Waals surface area contributed by atoms with Crippen molar-refractivity contribution in [2.75, 3.05) is 5.32 Å². The van der Waals surface area contributed by atoms with E-state index in [-0.39, 0.29) is 10.5 Å². The quantitative estimate of drug-likeness (QED) is 0.457. The molecular weight excluding hydrogens is 468 g/mol. The van der Waals surface area contributed by atoms with Crippen molar-refractivity contribution in [1.29, 1.82) is 0 Å². The molecule has 0 spiro atoms. The minimum Gasteiger partial charge on any atom is -0.327 e. The monoisotopic (exact) mass is 484 g/mol. The highest BCUT2D eigenvalue weighted by Crippen LogP contribution is 2.26. The van der Waals surface area contributed by atoms with Gasteiger partial charge >= 0.3 is 0 Å². The summed E-state index contributed by atoms with van der Waals surface area (Å²) in [6, 6.07) is 19.2. The molecule has 0 aliphatic carbocycles. The van der Waals surface area contributed by atoms with Crippen LogP contribution in [0.15, 0.2) is 76.1 Å². The van der Waals surface area contributed by atoms with Crippen molar-refractivity contribution in [2.45, 2.75) is 4.90 Å². The van der Waals surface area contributed by atoms with Gasteiger partial charge in [-0.05, 0) is 70.5 Å². The maximum atomic E-state index is 12.6. The highest BCUT2D eigenvalue weighted by molar-refractivity contribution is 9.10. The molecule has 3 N–H and O–H groups in total. The van der Waals surface area contributed by atoms with Gasteiger partial charge in [-0.3, -0.25) is 4.79 Å². The van der Waals surface area contributed by atoms with Crippen LogP contribution in [-0.4, -0.2) is 23.9 Å². The number of para-hydroxylation sites is 2. The van der Waals surface area contributed by atoms with Crippen molar-refractivity contribution < 1.29 is 13.2 Å². The van der Waals surface area contributed by atoms with E-state index in [1.807, 2.05) is 48.0 Å². The van der Waals surface area contributed by atoms with Gasteiger partial charge in [0.05, 0.1) is 21.5 Å². The number of carbonyl (C=O) groups is 1. The lowest BCUT2D eigenvalue weighted by Crippen LogP contribution is -2.16. The number of benzene rings is 3. The van der Waals surface area contributed by atoms with Gasteiger partial charge in [0, 0.05) is 22.8 Å². The van der Waals surface area contributed by atoms with E-state index in [9.17, 15) is 13.2 Å². The fraction of sp³-hybridized carbons (Fsp3) is 0.0476. The second kappa shape index (κ2) is 7.67. The molecule has 0 fully saturated rings. The van der Waals surface area contributed by atoms with Crippen molar-refractivity contribution in [1.82, 2.24) is 9.55 Å². The van der Waals surface area contributed by atoms with Crippen molar-refractivity contribution in [3.63, 3.8) is 0 Å². The first-order chi connectivity index (χ1) is 14.2. The third kappa shape index (κ3) is 3.87. The van der Waals surface area contributed by atoms with Crippen LogP contribution in [-0.2, 0) is 17.1 Å². The summed E-state index contributed by atoms with van der Waals surface area (Å²) in [6.07, 6.45) is 0. The lowest BCUT2D eigenvalue weighted by molar-refractivity contribution is 0.102. The molecule has 4 aromatic rings. The molecule has 0 aliphatic heterocycles. The van der Waals surface area contributed by atoms with E-state index in [0.717, 1.165) is 22.4 Å². The molecule has 0 saturated carbocycles. The molecular formula is C21H17BrN4O3S. The number of imidazole rings is 1. The average molecular weight is 485 g/mol. The standard InChI is InChI=1S/C21H17BrN4O3S/c1-26-19-5-3-2-4-18(19)25-20(26)13-6-8-14(9-7-13)24-21(27)16-12-15(30(23,28)29)10-11-17(16)22/h2-12H,1H3,(H,24,27)(H2,23,28,29). The minimum atomic E-state index is -3.91. The van der Waals surface area contributed by atoms with Crippen LogP contribution in [0.3, 0.4) is 0 Å². The van der Waals surface area contributed by atoms with E-state index >= 15 is 0 Å². The molecule has 0 saturated heterocycles. The minimum absolute atomic E-state index is 0.131. The van der Waals surface area contributed by atoms with Crippen LogP contribution < -0.4 is 10.5 Å². The van der Waals surface area contributed by atoms with Crippen LogP contribution >= 0.6 is 15.9 Å². The van der Waals surface area contributed by atoms with Gasteiger partial charge in [-0.1, -0.05) is 12.1 Å². The molecule has 0 aliphatic rings. The number of anilines is 1. The van der Waals surface area contributed by atoms with Crippen LogP contribution in [0, 0.1) is 0 Å². The first-order valence-electron chi connectivity index (χ1n) is 8.89. The van der Waals surface area contributed by atoms with E-state index in [1.54, 1.807) is 12.1 Å². The molecule has 1 heterocycles. The topological polar surface area (TPSA) is 107 Å². The Morgan fingerprint density at radius 2 is 1.77 bits per heavy atom. The number of rotatable bonds is 4. The van der Waals surface area contributed by atoms with Crippen LogP contribution in [0.1, 0.15) is 10.4 Å². The molecule has 1 aromatic heterocycles. The number of nitrogens with one attached hydrogen (secondary N) is 1. The Bertz CT molecular complexity index is 1380. The smallest absolute Gasteiger partial charge is 0.256 e. The van der Waals surface area contributed by atoms with E-state index in [0.29, 0.717) is 10.2 Å². The maximum Gasteiger partial charge on any atom is 0.256 e. The van der Waals surface area contributed by atoms with E-state index in [2.05, 4.69) is 26.2 Å². The molecule has 9 heteroatoms. The van der Waals surface area contributed by atoms with Gasteiger partial charge < -0.3 is 9.88 Å². The van der Waals surface area contributed by atoms with E-state index in [4.69, 9.17) is 5.14 Å². The number of aromatic nitrogens is 2. The zero-order chi connectivity index (χ0) is 21.5. The zero-order valence-corrected chi connectivity index (χ0v) is 18.2. The molecule has 0 radical (unpaired) electrons. The van der Waals surface area contributed by atoms with Gasteiger partial charge in [0.25, 0.3) is 5.91 Å². The second-order valence-corrected chi connectivity index (χ2v) is 9.12. The Morgan fingerprint density at radius 3 is 2.43 bits per heavy atom. The lowest BCUT2D eigenvalue weighted by Gasteiger charge is -2.09. The first kappa shape index (κ1) is 20.3. The summed E-state index contributed by atoms with van der Waals surface area (Å²) in [5.74, 6) is 0.362. The van der Waals surface area contributed by atoms with E-state index in [1.165, 1.54) is 18.2 Å². The largest absolute Gasteiger partial charge is 0.327 e. The average Bonchev–Trinajstić information content (AvgIpc) is 3.05. The summed E-state index contributed by atoms with van der Waals surface area (Å²) < 4.78 is 25.6. The molecule has 4 rings (SSSR count). The number of hydrogen-bond donors (Lipinski definition) is 2. The third-order valence-corrected chi connectivity index (χ3v) is 6.30. The van der Waals surface area contributed by atoms with Gasteiger partial charge in [-0.25, -0.2) is 18.5 Å². The lowest BCUT2D eigenvalue weighted by atomic mass is 10.1. The molecule has 152 valence electrons.